The van der Waals surface area contributed by atoms with Crippen LogP contribution in [0.1, 0.15) is 18.4 Å². The van der Waals surface area contributed by atoms with Gasteiger partial charge in [-0.05, 0) is 42.8 Å². The molecule has 2 amide bonds. The Kier molecular flexibility index (Phi) is 4.47. The zero-order valence-electron chi connectivity index (χ0n) is 12.2. The Morgan fingerprint density at radius 2 is 1.91 bits per heavy atom. The zero-order chi connectivity index (χ0) is 16.2. The van der Waals surface area contributed by atoms with Crippen molar-refractivity contribution >= 4 is 29.1 Å². The number of benzene rings is 1. The molecule has 4 N–H and O–H groups in total. The summed E-state index contributed by atoms with van der Waals surface area (Å²) in [6.45, 7) is 0.660. The monoisotopic (exact) mass is 336 g/mol. The van der Waals surface area contributed by atoms with Crippen molar-refractivity contribution in [2.45, 2.75) is 25.4 Å². The summed E-state index contributed by atoms with van der Waals surface area (Å²) < 4.78 is 10.5. The van der Waals surface area contributed by atoms with Gasteiger partial charge in [0.1, 0.15) is 0 Å². The molecule has 1 aliphatic carbocycles. The van der Waals surface area contributed by atoms with E-state index in [4.69, 9.17) is 21.7 Å². The fourth-order valence-corrected chi connectivity index (χ4v) is 2.05. The van der Waals surface area contributed by atoms with Gasteiger partial charge < -0.3 is 20.1 Å². The second-order valence-electron chi connectivity index (χ2n) is 5.20. The van der Waals surface area contributed by atoms with E-state index in [1.54, 1.807) is 0 Å². The molecule has 0 saturated heterocycles. The van der Waals surface area contributed by atoms with Crippen LogP contribution >= 0.6 is 12.2 Å². The van der Waals surface area contributed by atoms with Crippen LogP contribution in [0.15, 0.2) is 18.2 Å². The van der Waals surface area contributed by atoms with Gasteiger partial charge in [0.15, 0.2) is 16.6 Å². The van der Waals surface area contributed by atoms with Gasteiger partial charge in [0, 0.05) is 12.6 Å². The Bertz CT molecular complexity index is 648. The van der Waals surface area contributed by atoms with Gasteiger partial charge in [-0.25, -0.2) is 0 Å². The molecule has 0 unspecified atom stereocenters. The van der Waals surface area contributed by atoms with Crippen LogP contribution in [-0.2, 0) is 16.1 Å². The average molecular weight is 336 g/mol. The standard InChI is InChI=1S/C14H16N4O4S/c19-12(16-9-2-3-9)13(20)17-18-14(23)15-6-8-1-4-10-11(5-8)22-7-21-10/h1,4-5,9H,2-3,6-7H2,(H,16,19)(H,17,20)(H2,15,18,23). The Hall–Kier alpha value is -2.55. The lowest BCUT2D eigenvalue weighted by Crippen LogP contribution is -2.51. The summed E-state index contributed by atoms with van der Waals surface area (Å²) in [7, 11) is 0. The number of thiocarbonyl (C=S) groups is 1. The molecular weight excluding hydrogens is 320 g/mol. The molecule has 1 heterocycles. The van der Waals surface area contributed by atoms with Gasteiger partial charge in [-0.2, -0.15) is 0 Å². The maximum absolute atomic E-state index is 11.5. The van der Waals surface area contributed by atoms with Crippen molar-refractivity contribution in [2.24, 2.45) is 0 Å². The Morgan fingerprint density at radius 3 is 2.70 bits per heavy atom. The lowest BCUT2D eigenvalue weighted by Gasteiger charge is -2.11. The maximum atomic E-state index is 11.5. The highest BCUT2D eigenvalue weighted by atomic mass is 32.1. The number of amides is 2. The molecule has 3 rings (SSSR count). The normalized spacial score (nSPS) is 14.8. The molecule has 0 bridgehead atoms. The molecule has 122 valence electrons. The van der Waals surface area contributed by atoms with Crippen LogP contribution in [0.5, 0.6) is 11.5 Å². The number of ether oxygens (including phenoxy) is 2. The zero-order valence-corrected chi connectivity index (χ0v) is 13.0. The summed E-state index contributed by atoms with van der Waals surface area (Å²) in [5.41, 5.74) is 5.67. The van der Waals surface area contributed by atoms with Gasteiger partial charge in [0.25, 0.3) is 0 Å². The summed E-state index contributed by atoms with van der Waals surface area (Å²) in [6, 6.07) is 5.67. The van der Waals surface area contributed by atoms with Crippen LogP contribution in [0.25, 0.3) is 0 Å². The number of carbonyl (C=O) groups excluding carboxylic acids is 2. The minimum atomic E-state index is -0.774. The van der Waals surface area contributed by atoms with Crippen molar-refractivity contribution in [3.8, 4) is 11.5 Å². The highest BCUT2D eigenvalue weighted by molar-refractivity contribution is 7.80. The van der Waals surface area contributed by atoms with Gasteiger partial charge in [-0.3, -0.25) is 20.4 Å². The summed E-state index contributed by atoms with van der Waals surface area (Å²) in [5, 5.41) is 5.70. The minimum Gasteiger partial charge on any atom is -0.454 e. The van der Waals surface area contributed by atoms with Crippen LogP contribution in [0.3, 0.4) is 0 Å². The number of nitrogens with one attached hydrogen (secondary N) is 4. The van der Waals surface area contributed by atoms with E-state index >= 15 is 0 Å². The molecule has 0 spiro atoms. The molecule has 1 aliphatic heterocycles. The second kappa shape index (κ2) is 6.69. The molecule has 9 heteroatoms. The van der Waals surface area contributed by atoms with Crippen molar-refractivity contribution < 1.29 is 19.1 Å². The molecule has 8 nitrogen and oxygen atoms in total. The summed E-state index contributed by atoms with van der Waals surface area (Å²) in [4.78, 5) is 23.0. The molecule has 0 aromatic heterocycles. The third kappa shape index (κ3) is 4.22. The lowest BCUT2D eigenvalue weighted by molar-refractivity contribution is -0.139. The predicted octanol–water partition coefficient (Wildman–Crippen LogP) is -0.311. The minimum absolute atomic E-state index is 0.129. The van der Waals surface area contributed by atoms with E-state index in [9.17, 15) is 9.59 Å². The molecule has 0 atom stereocenters. The lowest BCUT2D eigenvalue weighted by atomic mass is 10.2. The van der Waals surface area contributed by atoms with Crippen LogP contribution in [0.2, 0.25) is 0 Å². The smallest absolute Gasteiger partial charge is 0.327 e. The number of hydrogen-bond donors (Lipinski definition) is 4. The third-order valence-corrected chi connectivity index (χ3v) is 3.54. The fraction of sp³-hybridized carbons (Fsp3) is 0.357. The van der Waals surface area contributed by atoms with Gasteiger partial charge >= 0.3 is 11.8 Å². The number of fused-ring (bicyclic) bond motifs is 1. The van der Waals surface area contributed by atoms with E-state index in [0.29, 0.717) is 18.0 Å². The highest BCUT2D eigenvalue weighted by Gasteiger charge is 2.26. The first kappa shape index (κ1) is 15.3. The van der Waals surface area contributed by atoms with Crippen LogP contribution in [-0.4, -0.2) is 29.8 Å². The van der Waals surface area contributed by atoms with Crippen molar-refractivity contribution in [3.63, 3.8) is 0 Å². The molecule has 1 fully saturated rings. The second-order valence-corrected chi connectivity index (χ2v) is 5.61. The van der Waals surface area contributed by atoms with Gasteiger partial charge in [0.05, 0.1) is 0 Å². The SMILES string of the molecule is O=C(NNC(=S)NCc1ccc2c(c1)OCO2)C(=O)NC1CC1. The van der Waals surface area contributed by atoms with E-state index in [1.165, 1.54) is 0 Å². The number of carbonyl (C=O) groups is 2. The highest BCUT2D eigenvalue weighted by Crippen LogP contribution is 2.32. The molecule has 1 aromatic carbocycles. The van der Waals surface area contributed by atoms with E-state index in [0.717, 1.165) is 18.4 Å². The van der Waals surface area contributed by atoms with Crippen molar-refractivity contribution in [1.82, 2.24) is 21.5 Å². The van der Waals surface area contributed by atoms with Gasteiger partial charge in [0.2, 0.25) is 6.79 Å². The largest absolute Gasteiger partial charge is 0.454 e. The third-order valence-electron chi connectivity index (χ3n) is 3.30. The number of hydrogen-bond acceptors (Lipinski definition) is 5. The first-order valence-corrected chi connectivity index (χ1v) is 7.56. The molecule has 0 radical (unpaired) electrons. The average Bonchev–Trinajstić information content (AvgIpc) is 3.24. The topological polar surface area (TPSA) is 101 Å². The quantitative estimate of drug-likeness (QED) is 0.341. The van der Waals surface area contributed by atoms with Crippen molar-refractivity contribution in [3.05, 3.63) is 23.8 Å². The van der Waals surface area contributed by atoms with Crippen LogP contribution in [0.4, 0.5) is 0 Å². The molecular formula is C14H16N4O4S. The van der Waals surface area contributed by atoms with Crippen molar-refractivity contribution in [1.29, 1.82) is 0 Å². The summed E-state index contributed by atoms with van der Waals surface area (Å²) >= 11 is 5.03. The Morgan fingerprint density at radius 1 is 1.13 bits per heavy atom. The first-order chi connectivity index (χ1) is 11.1. The van der Waals surface area contributed by atoms with Crippen LogP contribution in [0, 0.1) is 0 Å². The maximum Gasteiger partial charge on any atom is 0.327 e. The first-order valence-electron chi connectivity index (χ1n) is 7.15. The predicted molar refractivity (Wildman–Crippen MR) is 84.4 cm³/mol. The van der Waals surface area contributed by atoms with Crippen LogP contribution < -0.4 is 31.0 Å². The fourth-order valence-electron chi connectivity index (χ4n) is 1.93. The molecule has 1 aromatic rings. The number of rotatable bonds is 3. The van der Waals surface area contributed by atoms with E-state index in [2.05, 4.69) is 21.5 Å². The summed E-state index contributed by atoms with van der Waals surface area (Å²) in [5.74, 6) is -0.0423. The molecule has 1 saturated carbocycles. The molecule has 23 heavy (non-hydrogen) atoms. The Balaban J connectivity index is 1.39. The van der Waals surface area contributed by atoms with E-state index in [-0.39, 0.29) is 17.9 Å². The van der Waals surface area contributed by atoms with E-state index < -0.39 is 11.8 Å². The summed E-state index contributed by atoms with van der Waals surface area (Å²) in [6.07, 6.45) is 1.84. The number of hydrazine groups is 1. The molecule has 2 aliphatic rings. The Labute approximate surface area is 137 Å². The van der Waals surface area contributed by atoms with E-state index in [1.807, 2.05) is 18.2 Å². The van der Waals surface area contributed by atoms with Gasteiger partial charge in [-0.1, -0.05) is 6.07 Å². The van der Waals surface area contributed by atoms with Gasteiger partial charge in [-0.15, -0.1) is 0 Å². The van der Waals surface area contributed by atoms with Crippen molar-refractivity contribution in [2.75, 3.05) is 6.79 Å².